The summed E-state index contributed by atoms with van der Waals surface area (Å²) in [5.41, 5.74) is 0. The van der Waals surface area contributed by atoms with Crippen LogP contribution in [0.15, 0.2) is 0 Å². The molecule has 0 amide bonds. The van der Waals surface area contributed by atoms with Crippen LogP contribution in [0.25, 0.3) is 0 Å². The minimum atomic E-state index is -1.36. The maximum Gasteiger partial charge on any atom is 0.184 e. The molecule has 15 heavy (non-hydrogen) atoms. The second-order valence-electron chi connectivity index (χ2n) is 6.59. The van der Waals surface area contributed by atoms with Crippen LogP contribution in [-0.4, -0.2) is 14.4 Å². The zero-order valence-corrected chi connectivity index (χ0v) is 12.3. The summed E-state index contributed by atoms with van der Waals surface area (Å²) in [5.74, 6) is 2.44. The van der Waals surface area contributed by atoms with Gasteiger partial charge >= 0.3 is 0 Å². The Morgan fingerprint density at radius 3 is 2.20 bits per heavy atom. The van der Waals surface area contributed by atoms with Gasteiger partial charge in [-0.1, -0.05) is 27.2 Å². The topological polar surface area (TPSA) is 9.23 Å². The highest BCUT2D eigenvalue weighted by Crippen LogP contribution is 2.36. The Hall–Kier alpha value is 0.177. The van der Waals surface area contributed by atoms with Gasteiger partial charge in [0, 0.05) is 6.10 Å². The molecule has 0 radical (unpaired) electrons. The van der Waals surface area contributed by atoms with E-state index in [-0.39, 0.29) is 0 Å². The molecule has 0 spiro atoms. The fourth-order valence-electron chi connectivity index (χ4n) is 2.70. The highest BCUT2D eigenvalue weighted by Gasteiger charge is 2.34. The first-order valence-electron chi connectivity index (χ1n) is 6.47. The highest BCUT2D eigenvalue weighted by atomic mass is 28.4. The smallest absolute Gasteiger partial charge is 0.184 e. The van der Waals surface area contributed by atoms with Crippen LogP contribution in [0, 0.1) is 17.8 Å². The maximum absolute atomic E-state index is 6.36. The predicted molar refractivity (Wildman–Crippen MR) is 69.6 cm³/mol. The third-order valence-electron chi connectivity index (χ3n) is 3.47. The van der Waals surface area contributed by atoms with Crippen molar-refractivity contribution < 1.29 is 4.43 Å². The van der Waals surface area contributed by atoms with Crippen molar-refractivity contribution in [3.05, 3.63) is 0 Å². The predicted octanol–water partition coefficient (Wildman–Crippen LogP) is 4.30. The minimum Gasteiger partial charge on any atom is -0.414 e. The van der Waals surface area contributed by atoms with Crippen LogP contribution in [0.2, 0.25) is 19.6 Å². The summed E-state index contributed by atoms with van der Waals surface area (Å²) in [5, 5.41) is 0. The van der Waals surface area contributed by atoms with Crippen LogP contribution < -0.4 is 0 Å². The summed E-state index contributed by atoms with van der Waals surface area (Å²) >= 11 is 0. The first-order chi connectivity index (χ1) is 6.79. The van der Waals surface area contributed by atoms with E-state index in [1.54, 1.807) is 0 Å². The van der Waals surface area contributed by atoms with Crippen molar-refractivity contribution in [1.82, 2.24) is 0 Å². The summed E-state index contributed by atoms with van der Waals surface area (Å²) in [7, 11) is -1.36. The molecule has 0 bridgehead atoms. The van der Waals surface area contributed by atoms with Gasteiger partial charge in [-0.15, -0.1) is 0 Å². The van der Waals surface area contributed by atoms with Gasteiger partial charge in [0.2, 0.25) is 0 Å². The standard InChI is InChI=1S/C13H28OSi/c1-10(2)12-8-7-11(3)9-13(12)14-15(4,5)6/h10-13H,7-9H2,1-6H3/t11-,12?,13-/m1/s1. The van der Waals surface area contributed by atoms with Crippen molar-refractivity contribution in [2.75, 3.05) is 0 Å². The molecule has 0 heterocycles. The summed E-state index contributed by atoms with van der Waals surface area (Å²) in [4.78, 5) is 0. The quantitative estimate of drug-likeness (QED) is 0.655. The molecule has 1 aliphatic carbocycles. The Morgan fingerprint density at radius 2 is 1.73 bits per heavy atom. The van der Waals surface area contributed by atoms with E-state index in [1.807, 2.05) is 0 Å². The van der Waals surface area contributed by atoms with Crippen LogP contribution in [0.5, 0.6) is 0 Å². The summed E-state index contributed by atoms with van der Waals surface area (Å²) in [6.45, 7) is 14.0. The fourth-order valence-corrected chi connectivity index (χ4v) is 3.88. The van der Waals surface area contributed by atoms with E-state index in [0.717, 1.165) is 17.8 Å². The van der Waals surface area contributed by atoms with E-state index in [2.05, 4.69) is 40.4 Å². The van der Waals surface area contributed by atoms with E-state index in [9.17, 15) is 0 Å². The Balaban J connectivity index is 2.62. The molecule has 1 saturated carbocycles. The van der Waals surface area contributed by atoms with Gasteiger partial charge in [-0.2, -0.15) is 0 Å². The molecule has 0 aromatic carbocycles. The first-order valence-corrected chi connectivity index (χ1v) is 9.88. The molecule has 1 rings (SSSR count). The monoisotopic (exact) mass is 228 g/mol. The lowest BCUT2D eigenvalue weighted by Gasteiger charge is -2.40. The minimum absolute atomic E-state index is 0.542. The van der Waals surface area contributed by atoms with Crippen LogP contribution in [0.1, 0.15) is 40.0 Å². The largest absolute Gasteiger partial charge is 0.414 e. The van der Waals surface area contributed by atoms with Crippen LogP contribution in [-0.2, 0) is 4.43 Å². The van der Waals surface area contributed by atoms with E-state index >= 15 is 0 Å². The number of rotatable bonds is 3. The van der Waals surface area contributed by atoms with Gasteiger partial charge in [0.05, 0.1) is 0 Å². The van der Waals surface area contributed by atoms with Crippen LogP contribution in [0.4, 0.5) is 0 Å². The van der Waals surface area contributed by atoms with Crippen molar-refractivity contribution in [3.63, 3.8) is 0 Å². The van der Waals surface area contributed by atoms with E-state index in [4.69, 9.17) is 4.43 Å². The molecule has 0 aliphatic heterocycles. The van der Waals surface area contributed by atoms with E-state index in [0.29, 0.717) is 6.10 Å². The molecule has 90 valence electrons. The Bertz CT molecular complexity index is 195. The molecule has 0 aromatic rings. The van der Waals surface area contributed by atoms with Gasteiger partial charge in [0.1, 0.15) is 0 Å². The second-order valence-corrected chi connectivity index (χ2v) is 11.1. The van der Waals surface area contributed by atoms with Crippen LogP contribution in [0.3, 0.4) is 0 Å². The van der Waals surface area contributed by atoms with Crippen molar-refractivity contribution >= 4 is 8.32 Å². The lowest BCUT2D eigenvalue weighted by Crippen LogP contribution is -2.41. The zero-order valence-electron chi connectivity index (χ0n) is 11.3. The molecule has 0 N–H and O–H groups in total. The van der Waals surface area contributed by atoms with Crippen molar-refractivity contribution in [3.8, 4) is 0 Å². The number of hydrogen-bond acceptors (Lipinski definition) is 1. The van der Waals surface area contributed by atoms with Crippen molar-refractivity contribution in [2.24, 2.45) is 17.8 Å². The normalized spacial score (nSPS) is 33.4. The molecule has 0 aromatic heterocycles. The molecular formula is C13H28OSi. The third-order valence-corrected chi connectivity index (χ3v) is 4.48. The maximum atomic E-state index is 6.36. The molecule has 1 fully saturated rings. The lowest BCUT2D eigenvalue weighted by atomic mass is 9.75. The van der Waals surface area contributed by atoms with Crippen LogP contribution >= 0.6 is 0 Å². The third kappa shape index (κ3) is 4.27. The van der Waals surface area contributed by atoms with Gasteiger partial charge in [-0.05, 0) is 50.2 Å². The lowest BCUT2D eigenvalue weighted by molar-refractivity contribution is 0.0404. The van der Waals surface area contributed by atoms with Gasteiger partial charge in [-0.25, -0.2) is 0 Å². The average molecular weight is 228 g/mol. The summed E-state index contributed by atoms with van der Waals surface area (Å²) in [6.07, 6.45) is 4.59. The Labute approximate surface area is 96.7 Å². The average Bonchev–Trinajstić information content (AvgIpc) is 1.99. The summed E-state index contributed by atoms with van der Waals surface area (Å²) < 4.78 is 6.36. The highest BCUT2D eigenvalue weighted by molar-refractivity contribution is 6.69. The first kappa shape index (κ1) is 13.2. The second kappa shape index (κ2) is 5.01. The van der Waals surface area contributed by atoms with E-state index in [1.165, 1.54) is 19.3 Å². The molecule has 1 aliphatic rings. The molecule has 0 saturated heterocycles. The van der Waals surface area contributed by atoms with Gasteiger partial charge in [0.15, 0.2) is 8.32 Å². The van der Waals surface area contributed by atoms with Gasteiger partial charge < -0.3 is 4.43 Å². The molecule has 1 unspecified atom stereocenters. The van der Waals surface area contributed by atoms with Gasteiger partial charge in [-0.3, -0.25) is 0 Å². The number of hydrogen-bond donors (Lipinski definition) is 0. The van der Waals surface area contributed by atoms with Crippen molar-refractivity contribution in [1.29, 1.82) is 0 Å². The van der Waals surface area contributed by atoms with Crippen molar-refractivity contribution in [2.45, 2.75) is 65.8 Å². The van der Waals surface area contributed by atoms with E-state index < -0.39 is 8.32 Å². The SMILES string of the molecule is CC(C)C1CC[C@@H](C)C[C@H]1O[Si](C)(C)C. The zero-order chi connectivity index (χ0) is 11.6. The molecule has 1 nitrogen and oxygen atoms in total. The molecule has 3 atom stereocenters. The molecule has 2 heteroatoms. The fraction of sp³-hybridized carbons (Fsp3) is 1.00. The molecular weight excluding hydrogens is 200 g/mol. The Morgan fingerprint density at radius 1 is 1.13 bits per heavy atom. The van der Waals surface area contributed by atoms with Gasteiger partial charge in [0.25, 0.3) is 0 Å². The summed E-state index contributed by atoms with van der Waals surface area (Å²) in [6, 6.07) is 0. The Kier molecular flexibility index (Phi) is 4.42.